The summed E-state index contributed by atoms with van der Waals surface area (Å²) in [7, 11) is 0. The van der Waals surface area contributed by atoms with Crippen molar-refractivity contribution in [1.29, 1.82) is 0 Å². The van der Waals surface area contributed by atoms with Crippen molar-refractivity contribution in [2.75, 3.05) is 26.2 Å². The number of hydrogen-bond donors (Lipinski definition) is 3. The largest absolute Gasteiger partial charge is 0.460 e. The molecule has 2 unspecified atom stereocenters. The molecule has 2 amide bonds. The molecule has 2 atom stereocenters. The van der Waals surface area contributed by atoms with Crippen LogP contribution in [0.4, 0.5) is 0 Å². The minimum Gasteiger partial charge on any atom is -0.460 e. The Hall–Kier alpha value is -1.93. The molecule has 0 rings (SSSR count). The van der Waals surface area contributed by atoms with Gasteiger partial charge in [-0.2, -0.15) is 0 Å². The van der Waals surface area contributed by atoms with Gasteiger partial charge in [-0.15, -0.1) is 0 Å². The highest BCUT2D eigenvalue weighted by atomic mass is 16.6. The lowest BCUT2D eigenvalue weighted by Gasteiger charge is -2.26. The first kappa shape index (κ1) is 51.1. The minimum atomic E-state index is -0.711. The first-order valence-electron chi connectivity index (χ1n) is 22.4. The van der Waals surface area contributed by atoms with Gasteiger partial charge in [-0.1, -0.05) is 148 Å². The summed E-state index contributed by atoms with van der Waals surface area (Å²) >= 11 is 0. The zero-order chi connectivity index (χ0) is 39.4. The van der Waals surface area contributed by atoms with Gasteiger partial charge in [-0.25, -0.2) is 0 Å². The average molecular weight is 749 g/mol. The van der Waals surface area contributed by atoms with Crippen molar-refractivity contribution in [2.24, 2.45) is 17.4 Å². The van der Waals surface area contributed by atoms with E-state index in [0.29, 0.717) is 38.9 Å². The molecule has 312 valence electrons. The van der Waals surface area contributed by atoms with Crippen LogP contribution in [-0.2, 0) is 19.1 Å². The second-order valence-electron chi connectivity index (χ2n) is 16.6. The molecule has 0 aromatic heterocycles. The number of carbonyl (C=O) groups is 3. The zero-order valence-electron chi connectivity index (χ0n) is 35.7. The topological polar surface area (TPSA) is 128 Å². The van der Waals surface area contributed by atoms with E-state index >= 15 is 0 Å². The highest BCUT2D eigenvalue weighted by Crippen LogP contribution is 2.22. The van der Waals surface area contributed by atoms with Crippen LogP contribution in [0.25, 0.3) is 0 Å². The van der Waals surface area contributed by atoms with E-state index in [9.17, 15) is 14.4 Å². The number of nitrogens with one attached hydrogen (secondary N) is 1. The molecular formula is C45H88N4O4. The number of nitrogens with two attached hydrogens (primary N) is 2. The molecule has 0 aliphatic rings. The SMILES string of the molecule is CCCCCCCCC=CCCCCC(CCCN(CCCCCCCCCCCCCCCC)C(=O)CNC(=O)C(N)CCN)C(=O)OC(C)(C)C. The van der Waals surface area contributed by atoms with Crippen LogP contribution < -0.4 is 16.8 Å². The predicted octanol–water partition coefficient (Wildman–Crippen LogP) is 10.7. The van der Waals surface area contributed by atoms with Crippen molar-refractivity contribution in [2.45, 2.75) is 226 Å². The Bertz CT molecular complexity index is 903. The summed E-state index contributed by atoms with van der Waals surface area (Å²) in [6, 6.07) is -0.711. The van der Waals surface area contributed by atoms with Gasteiger partial charge >= 0.3 is 5.97 Å². The van der Waals surface area contributed by atoms with Crippen LogP contribution in [0.3, 0.4) is 0 Å². The predicted molar refractivity (Wildman–Crippen MR) is 226 cm³/mol. The number of rotatable bonds is 37. The van der Waals surface area contributed by atoms with Crippen molar-refractivity contribution in [3.8, 4) is 0 Å². The van der Waals surface area contributed by atoms with Crippen LogP contribution in [0.2, 0.25) is 0 Å². The molecule has 0 fully saturated rings. The number of ether oxygens (including phenoxy) is 1. The van der Waals surface area contributed by atoms with Gasteiger partial charge in [-0.3, -0.25) is 14.4 Å². The Labute approximate surface area is 328 Å². The van der Waals surface area contributed by atoms with Crippen LogP contribution in [0, 0.1) is 5.92 Å². The van der Waals surface area contributed by atoms with E-state index < -0.39 is 11.6 Å². The van der Waals surface area contributed by atoms with E-state index in [0.717, 1.165) is 44.9 Å². The van der Waals surface area contributed by atoms with E-state index in [1.54, 1.807) is 0 Å². The maximum atomic E-state index is 13.3. The molecule has 8 nitrogen and oxygen atoms in total. The molecule has 0 saturated heterocycles. The van der Waals surface area contributed by atoms with E-state index in [4.69, 9.17) is 16.2 Å². The number of allylic oxidation sites excluding steroid dienone is 2. The quantitative estimate of drug-likeness (QED) is 0.0330. The lowest BCUT2D eigenvalue weighted by molar-refractivity contribution is -0.160. The maximum Gasteiger partial charge on any atom is 0.309 e. The minimum absolute atomic E-state index is 0.0718. The molecular weight excluding hydrogens is 661 g/mol. The fourth-order valence-corrected chi connectivity index (χ4v) is 6.80. The van der Waals surface area contributed by atoms with Gasteiger partial charge in [0.2, 0.25) is 11.8 Å². The van der Waals surface area contributed by atoms with Crippen LogP contribution in [-0.4, -0.2) is 60.5 Å². The van der Waals surface area contributed by atoms with Crippen molar-refractivity contribution in [1.82, 2.24) is 10.2 Å². The molecule has 0 bridgehead atoms. The Morgan fingerprint density at radius 1 is 0.623 bits per heavy atom. The van der Waals surface area contributed by atoms with Gasteiger partial charge in [0.1, 0.15) is 5.60 Å². The van der Waals surface area contributed by atoms with Gasteiger partial charge in [-0.05, 0) is 85.1 Å². The Morgan fingerprint density at radius 3 is 1.55 bits per heavy atom. The number of nitrogens with zero attached hydrogens (tertiary/aromatic N) is 1. The van der Waals surface area contributed by atoms with Crippen molar-refractivity contribution < 1.29 is 19.1 Å². The summed E-state index contributed by atoms with van der Waals surface area (Å²) in [6.07, 6.45) is 37.4. The van der Waals surface area contributed by atoms with Gasteiger partial charge in [0.25, 0.3) is 0 Å². The third-order valence-electron chi connectivity index (χ3n) is 10.1. The van der Waals surface area contributed by atoms with Crippen LogP contribution in [0.15, 0.2) is 12.2 Å². The lowest BCUT2D eigenvalue weighted by Crippen LogP contribution is -2.47. The standard InChI is InChI=1S/C45H88N4O4/c1-6-8-10-12-14-16-18-20-21-23-25-27-29-31-37-49(42(50)39-48-43(51)41(47)35-36-46)38-32-34-40(44(52)53-45(3,4)5)33-30-28-26-24-22-19-17-15-13-11-9-7-2/h22,24,40-41H,6-21,23,25-39,46-47H2,1-5H3,(H,48,51). The molecule has 53 heavy (non-hydrogen) atoms. The number of amides is 2. The van der Waals surface area contributed by atoms with Crippen LogP contribution in [0.1, 0.15) is 214 Å². The molecule has 0 aromatic carbocycles. The van der Waals surface area contributed by atoms with E-state index in [2.05, 4.69) is 31.3 Å². The summed E-state index contributed by atoms with van der Waals surface area (Å²) in [4.78, 5) is 40.8. The van der Waals surface area contributed by atoms with Crippen molar-refractivity contribution in [3.63, 3.8) is 0 Å². The third kappa shape index (κ3) is 33.2. The molecule has 0 radical (unpaired) electrons. The molecule has 8 heteroatoms. The third-order valence-corrected chi connectivity index (χ3v) is 10.1. The highest BCUT2D eigenvalue weighted by Gasteiger charge is 2.25. The molecule has 0 heterocycles. The van der Waals surface area contributed by atoms with E-state index in [1.807, 2.05) is 25.7 Å². The number of hydrogen-bond acceptors (Lipinski definition) is 6. The zero-order valence-corrected chi connectivity index (χ0v) is 35.7. The van der Waals surface area contributed by atoms with Crippen molar-refractivity contribution >= 4 is 17.8 Å². The molecule has 0 aliphatic heterocycles. The Balaban J connectivity index is 4.87. The Morgan fingerprint density at radius 2 is 1.06 bits per heavy atom. The highest BCUT2D eigenvalue weighted by molar-refractivity contribution is 5.87. The summed E-state index contributed by atoms with van der Waals surface area (Å²) in [5.74, 6) is -0.771. The summed E-state index contributed by atoms with van der Waals surface area (Å²) in [5, 5.41) is 2.72. The number of carbonyl (C=O) groups excluding carboxylic acids is 3. The van der Waals surface area contributed by atoms with Crippen LogP contribution in [0.5, 0.6) is 0 Å². The van der Waals surface area contributed by atoms with E-state index in [1.165, 1.54) is 116 Å². The first-order chi connectivity index (χ1) is 25.6. The maximum absolute atomic E-state index is 13.3. The summed E-state index contributed by atoms with van der Waals surface area (Å²) in [6.45, 7) is 11.7. The summed E-state index contributed by atoms with van der Waals surface area (Å²) in [5.41, 5.74) is 10.9. The molecule has 0 aliphatic carbocycles. The van der Waals surface area contributed by atoms with Gasteiger partial charge in [0.15, 0.2) is 0 Å². The van der Waals surface area contributed by atoms with E-state index in [-0.39, 0.29) is 30.2 Å². The summed E-state index contributed by atoms with van der Waals surface area (Å²) < 4.78 is 5.82. The fourth-order valence-electron chi connectivity index (χ4n) is 6.80. The van der Waals surface area contributed by atoms with Crippen LogP contribution >= 0.6 is 0 Å². The lowest BCUT2D eigenvalue weighted by atomic mass is 9.95. The molecule has 0 spiro atoms. The van der Waals surface area contributed by atoms with Crippen molar-refractivity contribution in [3.05, 3.63) is 12.2 Å². The first-order valence-corrected chi connectivity index (χ1v) is 22.4. The second-order valence-corrected chi connectivity index (χ2v) is 16.6. The van der Waals surface area contributed by atoms with Gasteiger partial charge in [0.05, 0.1) is 18.5 Å². The molecule has 0 saturated carbocycles. The number of esters is 1. The number of unbranched alkanes of at least 4 members (excludes halogenated alkanes) is 21. The normalized spacial score (nSPS) is 13.0. The van der Waals surface area contributed by atoms with Gasteiger partial charge < -0.3 is 26.4 Å². The smallest absolute Gasteiger partial charge is 0.309 e. The molecule has 5 N–H and O–H groups in total. The fraction of sp³-hybridized carbons (Fsp3) is 0.889. The second kappa shape index (κ2) is 35.8. The average Bonchev–Trinajstić information content (AvgIpc) is 3.11. The Kier molecular flexibility index (Phi) is 34.5. The monoisotopic (exact) mass is 749 g/mol. The van der Waals surface area contributed by atoms with Gasteiger partial charge in [0, 0.05) is 13.1 Å². The molecule has 0 aromatic rings.